The zero-order chi connectivity index (χ0) is 14.4. The van der Waals surface area contributed by atoms with Gasteiger partial charge in [0.15, 0.2) is 0 Å². The van der Waals surface area contributed by atoms with Crippen LogP contribution in [0.3, 0.4) is 0 Å². The molecule has 0 saturated carbocycles. The van der Waals surface area contributed by atoms with Gasteiger partial charge in [0, 0.05) is 5.56 Å². The minimum absolute atomic E-state index is 0.382. The zero-order valence-corrected chi connectivity index (χ0v) is 11.9. The van der Waals surface area contributed by atoms with Crippen molar-refractivity contribution >= 4 is 5.91 Å². The lowest BCUT2D eigenvalue weighted by Crippen LogP contribution is -2.10. The van der Waals surface area contributed by atoms with Gasteiger partial charge in [0.25, 0.3) is 0 Å². The third kappa shape index (κ3) is 3.47. The predicted octanol–water partition coefficient (Wildman–Crippen LogP) is 4.19. The summed E-state index contributed by atoms with van der Waals surface area (Å²) in [5, 5.41) is 0. The van der Waals surface area contributed by atoms with Crippen LogP contribution in [0.4, 0.5) is 0 Å². The summed E-state index contributed by atoms with van der Waals surface area (Å²) in [6.45, 7) is 2.22. The second-order valence-corrected chi connectivity index (χ2v) is 5.06. The van der Waals surface area contributed by atoms with E-state index < -0.39 is 0 Å². The number of primary amides is 1. The number of aryl methyl sites for hydroxylation is 1. The molecule has 2 aromatic carbocycles. The highest BCUT2D eigenvalue weighted by molar-refractivity contribution is 5.93. The summed E-state index contributed by atoms with van der Waals surface area (Å²) in [6.07, 6.45) is 4.80. The molecule has 0 heterocycles. The first-order chi connectivity index (χ1) is 9.72. The van der Waals surface area contributed by atoms with E-state index >= 15 is 0 Å². The van der Waals surface area contributed by atoms with Crippen LogP contribution in [0.5, 0.6) is 0 Å². The van der Waals surface area contributed by atoms with E-state index in [1.54, 1.807) is 12.1 Å². The monoisotopic (exact) mass is 267 g/mol. The van der Waals surface area contributed by atoms with E-state index in [-0.39, 0.29) is 5.91 Å². The number of benzene rings is 2. The average Bonchev–Trinajstić information content (AvgIpc) is 2.48. The van der Waals surface area contributed by atoms with Gasteiger partial charge < -0.3 is 5.73 Å². The lowest BCUT2D eigenvalue weighted by Gasteiger charge is -2.10. The van der Waals surface area contributed by atoms with Crippen LogP contribution in [-0.4, -0.2) is 5.91 Å². The van der Waals surface area contributed by atoms with Gasteiger partial charge in [-0.15, -0.1) is 0 Å². The lowest BCUT2D eigenvalue weighted by atomic mass is 9.95. The van der Waals surface area contributed by atoms with Gasteiger partial charge in [0.1, 0.15) is 0 Å². The molecule has 20 heavy (non-hydrogen) atoms. The van der Waals surface area contributed by atoms with E-state index in [4.69, 9.17) is 5.73 Å². The highest BCUT2D eigenvalue weighted by atomic mass is 16.1. The van der Waals surface area contributed by atoms with Crippen molar-refractivity contribution in [3.8, 4) is 11.1 Å². The van der Waals surface area contributed by atoms with Crippen molar-refractivity contribution in [2.45, 2.75) is 32.6 Å². The van der Waals surface area contributed by atoms with Crippen LogP contribution < -0.4 is 5.73 Å². The molecule has 2 rings (SSSR count). The molecular formula is C18H21NO. The molecule has 1 amide bonds. The van der Waals surface area contributed by atoms with E-state index in [0.717, 1.165) is 12.0 Å². The number of hydrogen-bond donors (Lipinski definition) is 1. The van der Waals surface area contributed by atoms with E-state index in [9.17, 15) is 4.79 Å². The van der Waals surface area contributed by atoms with Crippen LogP contribution in [0.25, 0.3) is 11.1 Å². The molecule has 0 aliphatic rings. The second kappa shape index (κ2) is 6.90. The number of carbonyl (C=O) groups is 1. The number of unbranched alkanes of at least 4 members (excludes halogenated alkanes) is 2. The topological polar surface area (TPSA) is 43.1 Å². The molecule has 0 aliphatic carbocycles. The standard InChI is InChI=1S/C18H21NO/c1-2-3-4-7-14-8-5-6-9-17(14)15-10-12-16(13-11-15)18(19)20/h5-6,8-13H,2-4,7H2,1H3,(H2,19,20). The van der Waals surface area contributed by atoms with Gasteiger partial charge in [-0.1, -0.05) is 56.2 Å². The first-order valence-electron chi connectivity index (χ1n) is 7.20. The van der Waals surface area contributed by atoms with Crippen molar-refractivity contribution in [2.75, 3.05) is 0 Å². The summed E-state index contributed by atoms with van der Waals surface area (Å²) in [4.78, 5) is 11.1. The predicted molar refractivity (Wildman–Crippen MR) is 83.6 cm³/mol. The molecule has 0 saturated heterocycles. The summed E-state index contributed by atoms with van der Waals surface area (Å²) >= 11 is 0. The fourth-order valence-corrected chi connectivity index (χ4v) is 2.40. The minimum atomic E-state index is -0.382. The van der Waals surface area contributed by atoms with Crippen LogP contribution in [0.1, 0.15) is 42.1 Å². The van der Waals surface area contributed by atoms with Gasteiger partial charge in [0.2, 0.25) is 5.91 Å². The number of rotatable bonds is 6. The summed E-state index contributed by atoms with van der Waals surface area (Å²) in [6, 6.07) is 16.0. The number of carbonyl (C=O) groups excluding carboxylic acids is 1. The summed E-state index contributed by atoms with van der Waals surface area (Å²) in [7, 11) is 0. The summed E-state index contributed by atoms with van der Waals surface area (Å²) in [5.74, 6) is -0.382. The van der Waals surface area contributed by atoms with Crippen LogP contribution in [0.15, 0.2) is 48.5 Å². The largest absolute Gasteiger partial charge is 0.366 e. The van der Waals surface area contributed by atoms with Crippen molar-refractivity contribution < 1.29 is 4.79 Å². The molecule has 2 heteroatoms. The summed E-state index contributed by atoms with van der Waals surface area (Å²) < 4.78 is 0. The van der Waals surface area contributed by atoms with Gasteiger partial charge in [-0.25, -0.2) is 0 Å². The normalized spacial score (nSPS) is 10.4. The molecule has 2 aromatic rings. The Morgan fingerprint density at radius 2 is 1.70 bits per heavy atom. The quantitative estimate of drug-likeness (QED) is 0.784. The number of hydrogen-bond acceptors (Lipinski definition) is 1. The van der Waals surface area contributed by atoms with Crippen LogP contribution in [0.2, 0.25) is 0 Å². The zero-order valence-electron chi connectivity index (χ0n) is 11.9. The molecular weight excluding hydrogens is 246 g/mol. The smallest absolute Gasteiger partial charge is 0.248 e. The molecule has 0 aliphatic heterocycles. The molecule has 2 nitrogen and oxygen atoms in total. The second-order valence-electron chi connectivity index (χ2n) is 5.06. The maximum Gasteiger partial charge on any atom is 0.248 e. The molecule has 0 bridgehead atoms. The third-order valence-corrected chi connectivity index (χ3v) is 3.55. The van der Waals surface area contributed by atoms with Crippen molar-refractivity contribution in [1.82, 2.24) is 0 Å². The fourth-order valence-electron chi connectivity index (χ4n) is 2.40. The van der Waals surface area contributed by atoms with Crippen LogP contribution in [-0.2, 0) is 6.42 Å². The molecule has 0 atom stereocenters. The third-order valence-electron chi connectivity index (χ3n) is 3.55. The molecule has 0 aromatic heterocycles. The maximum absolute atomic E-state index is 11.1. The molecule has 0 radical (unpaired) electrons. The van der Waals surface area contributed by atoms with Crippen molar-refractivity contribution in [2.24, 2.45) is 5.73 Å². The van der Waals surface area contributed by atoms with E-state index in [0.29, 0.717) is 5.56 Å². The van der Waals surface area contributed by atoms with Crippen molar-refractivity contribution in [3.63, 3.8) is 0 Å². The Labute approximate surface area is 120 Å². The highest BCUT2D eigenvalue weighted by Gasteiger charge is 2.06. The minimum Gasteiger partial charge on any atom is -0.366 e. The van der Waals surface area contributed by atoms with Crippen LogP contribution in [0, 0.1) is 0 Å². The molecule has 0 spiro atoms. The SMILES string of the molecule is CCCCCc1ccccc1-c1ccc(C(N)=O)cc1. The molecule has 104 valence electrons. The van der Waals surface area contributed by atoms with E-state index in [2.05, 4.69) is 31.2 Å². The van der Waals surface area contributed by atoms with Gasteiger partial charge in [-0.2, -0.15) is 0 Å². The van der Waals surface area contributed by atoms with E-state index in [1.807, 2.05) is 12.1 Å². The maximum atomic E-state index is 11.1. The van der Waals surface area contributed by atoms with Gasteiger partial charge in [0.05, 0.1) is 0 Å². The molecule has 0 unspecified atom stereocenters. The Hall–Kier alpha value is -2.09. The Kier molecular flexibility index (Phi) is 4.94. The average molecular weight is 267 g/mol. The molecule has 2 N–H and O–H groups in total. The van der Waals surface area contributed by atoms with Gasteiger partial charge >= 0.3 is 0 Å². The first kappa shape index (κ1) is 14.3. The number of nitrogens with two attached hydrogens (primary N) is 1. The Morgan fingerprint density at radius 1 is 1.00 bits per heavy atom. The highest BCUT2D eigenvalue weighted by Crippen LogP contribution is 2.25. The first-order valence-corrected chi connectivity index (χ1v) is 7.20. The Morgan fingerprint density at radius 3 is 2.35 bits per heavy atom. The number of amides is 1. The van der Waals surface area contributed by atoms with Crippen LogP contribution >= 0.6 is 0 Å². The Balaban J connectivity index is 2.25. The summed E-state index contributed by atoms with van der Waals surface area (Å²) in [5.41, 5.74) is 9.59. The Bertz CT molecular complexity index is 572. The van der Waals surface area contributed by atoms with Gasteiger partial charge in [-0.3, -0.25) is 4.79 Å². The van der Waals surface area contributed by atoms with Gasteiger partial charge in [-0.05, 0) is 41.7 Å². The van der Waals surface area contributed by atoms with E-state index in [1.165, 1.54) is 30.4 Å². The fraction of sp³-hybridized carbons (Fsp3) is 0.278. The van der Waals surface area contributed by atoms with Crippen molar-refractivity contribution in [3.05, 3.63) is 59.7 Å². The molecule has 0 fully saturated rings. The lowest BCUT2D eigenvalue weighted by molar-refractivity contribution is 0.100. The van der Waals surface area contributed by atoms with Crippen molar-refractivity contribution in [1.29, 1.82) is 0 Å².